The molecule has 0 saturated heterocycles. The monoisotopic (exact) mass is 426 g/mol. The molecule has 0 saturated carbocycles. The molecular formula is C25H18N2O5. The van der Waals surface area contributed by atoms with Crippen LogP contribution in [0.4, 0.5) is 0 Å². The van der Waals surface area contributed by atoms with Gasteiger partial charge in [-0.25, -0.2) is 9.78 Å². The Kier molecular flexibility index (Phi) is 4.06. The van der Waals surface area contributed by atoms with Crippen LogP contribution in [0, 0.1) is 0 Å². The normalized spacial score (nSPS) is 15.8. The SMILES string of the molecule is C/C(=C1/c2ccccc2COc2ccc(C(=O)O)cc21)n1cnc2cc3c(cc21)COO3. The molecule has 158 valence electrons. The molecule has 7 nitrogen and oxygen atoms in total. The molecule has 7 heteroatoms. The number of hydrogen-bond donors (Lipinski definition) is 1. The molecule has 0 unspecified atom stereocenters. The van der Waals surface area contributed by atoms with E-state index in [1.165, 1.54) is 0 Å². The van der Waals surface area contributed by atoms with Gasteiger partial charge in [0.1, 0.15) is 25.3 Å². The van der Waals surface area contributed by atoms with Crippen LogP contribution in [0.25, 0.3) is 22.3 Å². The molecule has 0 aliphatic carbocycles. The number of carboxylic acids is 1. The molecule has 3 heterocycles. The summed E-state index contributed by atoms with van der Waals surface area (Å²) in [6, 6.07) is 16.9. The van der Waals surface area contributed by atoms with Crippen LogP contribution in [0.15, 0.2) is 60.9 Å². The second-order valence-corrected chi connectivity index (χ2v) is 7.83. The zero-order chi connectivity index (χ0) is 21.8. The fourth-order valence-corrected chi connectivity index (χ4v) is 4.38. The number of fused-ring (bicyclic) bond motifs is 4. The van der Waals surface area contributed by atoms with E-state index in [-0.39, 0.29) is 5.56 Å². The van der Waals surface area contributed by atoms with Crippen LogP contribution >= 0.6 is 0 Å². The number of rotatable bonds is 2. The van der Waals surface area contributed by atoms with Crippen LogP contribution in [-0.2, 0) is 18.1 Å². The fraction of sp³-hybridized carbons (Fsp3) is 0.120. The van der Waals surface area contributed by atoms with Crippen LogP contribution in [0.2, 0.25) is 0 Å². The Morgan fingerprint density at radius 3 is 2.75 bits per heavy atom. The third kappa shape index (κ3) is 2.79. The number of carboxylic acid groups (broad SMARTS) is 1. The van der Waals surface area contributed by atoms with Crippen LogP contribution in [-0.4, -0.2) is 20.6 Å². The van der Waals surface area contributed by atoms with E-state index >= 15 is 0 Å². The summed E-state index contributed by atoms with van der Waals surface area (Å²) in [6.07, 6.45) is 1.78. The molecule has 0 radical (unpaired) electrons. The van der Waals surface area contributed by atoms with E-state index in [1.54, 1.807) is 24.5 Å². The Morgan fingerprint density at radius 1 is 1.00 bits per heavy atom. The summed E-state index contributed by atoms with van der Waals surface area (Å²) in [6.45, 7) is 2.79. The van der Waals surface area contributed by atoms with Crippen molar-refractivity contribution >= 4 is 28.3 Å². The molecule has 0 spiro atoms. The molecule has 0 fully saturated rings. The highest BCUT2D eigenvalue weighted by Crippen LogP contribution is 2.41. The summed E-state index contributed by atoms with van der Waals surface area (Å²) in [5.74, 6) is 0.344. The number of nitrogens with zero attached hydrogens (tertiary/aromatic N) is 2. The molecule has 4 aromatic rings. The molecule has 2 aliphatic heterocycles. The highest BCUT2D eigenvalue weighted by Gasteiger charge is 2.24. The molecule has 0 bridgehead atoms. The average Bonchev–Trinajstić information content (AvgIpc) is 3.39. The number of aromatic carboxylic acids is 1. The Hall–Kier alpha value is -4.10. The van der Waals surface area contributed by atoms with Gasteiger partial charge in [0.15, 0.2) is 5.75 Å². The first-order valence-corrected chi connectivity index (χ1v) is 10.2. The van der Waals surface area contributed by atoms with Crippen molar-refractivity contribution in [1.29, 1.82) is 0 Å². The third-order valence-electron chi connectivity index (χ3n) is 5.98. The molecule has 6 rings (SSSR count). The van der Waals surface area contributed by atoms with Gasteiger partial charge in [-0.1, -0.05) is 24.3 Å². The van der Waals surface area contributed by atoms with E-state index in [0.29, 0.717) is 24.7 Å². The minimum atomic E-state index is -0.981. The molecule has 1 N–H and O–H groups in total. The van der Waals surface area contributed by atoms with Crippen molar-refractivity contribution in [1.82, 2.24) is 9.55 Å². The van der Waals surface area contributed by atoms with Crippen molar-refractivity contribution in [2.24, 2.45) is 0 Å². The van der Waals surface area contributed by atoms with Gasteiger partial charge in [-0.3, -0.25) is 0 Å². The summed E-state index contributed by atoms with van der Waals surface area (Å²) in [7, 11) is 0. The van der Waals surface area contributed by atoms with Crippen LogP contribution < -0.4 is 9.62 Å². The molecule has 32 heavy (non-hydrogen) atoms. The molecule has 3 aromatic carbocycles. The van der Waals surface area contributed by atoms with Gasteiger partial charge in [0.05, 0.1) is 16.6 Å². The smallest absolute Gasteiger partial charge is 0.335 e. The Bertz CT molecular complexity index is 1450. The van der Waals surface area contributed by atoms with E-state index in [4.69, 9.17) is 14.5 Å². The van der Waals surface area contributed by atoms with Crippen molar-refractivity contribution in [3.8, 4) is 11.5 Å². The highest BCUT2D eigenvalue weighted by molar-refractivity contribution is 6.00. The standard InChI is InChI=1S/C25H18N2O5/c1-14(27-13-26-20-10-23-17(9-21(20)27)12-31-32-23)24-18-5-3-2-4-16(18)11-30-22-7-6-15(25(28)29)8-19(22)24/h2-10,13H,11-12H2,1H3,(H,28,29)/b24-14+. The number of aromatic nitrogens is 2. The van der Waals surface area contributed by atoms with Gasteiger partial charge in [0, 0.05) is 28.5 Å². The van der Waals surface area contributed by atoms with Crippen LogP contribution in [0.3, 0.4) is 0 Å². The van der Waals surface area contributed by atoms with E-state index in [2.05, 4.69) is 4.98 Å². The highest BCUT2D eigenvalue weighted by atomic mass is 17.2. The summed E-state index contributed by atoms with van der Waals surface area (Å²) >= 11 is 0. The number of benzene rings is 3. The average molecular weight is 426 g/mol. The van der Waals surface area contributed by atoms with E-state index < -0.39 is 5.97 Å². The number of hydrogen-bond acceptors (Lipinski definition) is 5. The zero-order valence-electron chi connectivity index (χ0n) is 17.2. The van der Waals surface area contributed by atoms with E-state index in [1.807, 2.05) is 47.9 Å². The number of allylic oxidation sites excluding steroid dienone is 1. The molecule has 0 atom stereocenters. The first-order valence-electron chi connectivity index (χ1n) is 10.2. The maximum absolute atomic E-state index is 11.7. The number of carbonyl (C=O) groups is 1. The first kappa shape index (κ1) is 18.7. The summed E-state index contributed by atoms with van der Waals surface area (Å²) in [4.78, 5) is 26.6. The molecule has 0 amide bonds. The van der Waals surface area contributed by atoms with Gasteiger partial charge in [0.25, 0.3) is 0 Å². The molecule has 1 aromatic heterocycles. The predicted molar refractivity (Wildman–Crippen MR) is 117 cm³/mol. The zero-order valence-corrected chi connectivity index (χ0v) is 17.2. The number of ether oxygens (including phenoxy) is 1. The Labute approximate surface area is 183 Å². The maximum Gasteiger partial charge on any atom is 0.335 e. The second kappa shape index (κ2) is 6.96. The van der Waals surface area contributed by atoms with Crippen molar-refractivity contribution in [3.63, 3.8) is 0 Å². The lowest BCUT2D eigenvalue weighted by Crippen LogP contribution is -2.02. The lowest BCUT2D eigenvalue weighted by Gasteiger charge is -2.16. The minimum absolute atomic E-state index is 0.208. The summed E-state index contributed by atoms with van der Waals surface area (Å²) < 4.78 is 8.09. The summed E-state index contributed by atoms with van der Waals surface area (Å²) in [5, 5.41) is 9.60. The van der Waals surface area contributed by atoms with Crippen molar-refractivity contribution in [2.45, 2.75) is 20.1 Å². The van der Waals surface area contributed by atoms with Gasteiger partial charge < -0.3 is 19.3 Å². The maximum atomic E-state index is 11.7. The van der Waals surface area contributed by atoms with Gasteiger partial charge in [0.2, 0.25) is 0 Å². The summed E-state index contributed by atoms with van der Waals surface area (Å²) in [5.41, 5.74) is 7.45. The Balaban J connectivity index is 1.66. The van der Waals surface area contributed by atoms with E-state index in [0.717, 1.165) is 44.6 Å². The minimum Gasteiger partial charge on any atom is -0.488 e. The van der Waals surface area contributed by atoms with Crippen molar-refractivity contribution in [2.75, 3.05) is 0 Å². The van der Waals surface area contributed by atoms with Crippen molar-refractivity contribution < 1.29 is 24.4 Å². The van der Waals surface area contributed by atoms with Gasteiger partial charge in [-0.2, -0.15) is 4.89 Å². The topological polar surface area (TPSA) is 82.8 Å². The lowest BCUT2D eigenvalue weighted by molar-refractivity contribution is -0.194. The molecular weight excluding hydrogens is 408 g/mol. The quantitative estimate of drug-likeness (QED) is 0.460. The van der Waals surface area contributed by atoms with Gasteiger partial charge in [-0.15, -0.1) is 0 Å². The predicted octanol–water partition coefficient (Wildman–Crippen LogP) is 4.89. The first-order chi connectivity index (χ1) is 15.6. The van der Waals surface area contributed by atoms with Crippen molar-refractivity contribution in [3.05, 3.63) is 88.7 Å². The second-order valence-electron chi connectivity index (χ2n) is 7.83. The lowest BCUT2D eigenvalue weighted by atomic mass is 9.91. The number of imidazole rings is 1. The van der Waals surface area contributed by atoms with Crippen LogP contribution in [0.5, 0.6) is 11.5 Å². The Morgan fingerprint density at radius 2 is 1.88 bits per heavy atom. The van der Waals surface area contributed by atoms with Gasteiger partial charge in [-0.05, 0) is 42.3 Å². The fourth-order valence-electron chi connectivity index (χ4n) is 4.38. The van der Waals surface area contributed by atoms with E-state index in [9.17, 15) is 9.90 Å². The largest absolute Gasteiger partial charge is 0.488 e. The third-order valence-corrected chi connectivity index (χ3v) is 5.98. The van der Waals surface area contributed by atoms with Crippen LogP contribution in [0.1, 0.15) is 39.5 Å². The van der Waals surface area contributed by atoms with Gasteiger partial charge >= 0.3 is 5.97 Å². The molecule has 2 aliphatic rings.